The Morgan fingerprint density at radius 2 is 2.31 bits per heavy atom. The highest BCUT2D eigenvalue weighted by Crippen LogP contribution is 2.18. The van der Waals surface area contributed by atoms with E-state index in [9.17, 15) is 9.18 Å². The highest BCUT2D eigenvalue weighted by Gasteiger charge is 2.07. The fourth-order valence-corrected chi connectivity index (χ4v) is 1.74. The van der Waals surface area contributed by atoms with Crippen molar-refractivity contribution < 1.29 is 9.18 Å². The van der Waals surface area contributed by atoms with Gasteiger partial charge in [-0.15, -0.1) is 6.58 Å². The topological polar surface area (TPSA) is 29.1 Å². The van der Waals surface area contributed by atoms with Gasteiger partial charge >= 0.3 is 0 Å². The van der Waals surface area contributed by atoms with E-state index in [4.69, 9.17) is 0 Å². The highest BCUT2D eigenvalue weighted by atomic mass is 79.9. The Labute approximate surface area is 103 Å². The molecule has 86 valence electrons. The van der Waals surface area contributed by atoms with Crippen molar-refractivity contribution in [1.29, 1.82) is 0 Å². The maximum atomic E-state index is 12.8. The van der Waals surface area contributed by atoms with Gasteiger partial charge in [0.05, 0.1) is 6.54 Å². The normalized spacial score (nSPS) is 10.1. The van der Waals surface area contributed by atoms with Gasteiger partial charge in [0.2, 0.25) is 0 Å². The summed E-state index contributed by atoms with van der Waals surface area (Å²) < 4.78 is 13.4. The average Bonchev–Trinajstić information content (AvgIpc) is 2.23. The maximum absolute atomic E-state index is 12.8. The SMILES string of the molecule is C=CCNCC(=O)Cc1ccc(F)cc1Br. The molecule has 2 nitrogen and oxygen atoms in total. The first-order valence-electron chi connectivity index (χ1n) is 4.90. The third-order valence-corrected chi connectivity index (χ3v) is 2.75. The molecule has 0 aliphatic rings. The van der Waals surface area contributed by atoms with Crippen molar-refractivity contribution in [2.75, 3.05) is 13.1 Å². The number of hydrogen-bond acceptors (Lipinski definition) is 2. The number of Topliss-reactive ketones (excluding diaryl/α,β-unsaturated/α-hetero) is 1. The molecule has 1 N–H and O–H groups in total. The summed E-state index contributed by atoms with van der Waals surface area (Å²) in [6.07, 6.45) is 1.99. The molecule has 0 unspecified atom stereocenters. The van der Waals surface area contributed by atoms with E-state index in [1.807, 2.05) is 0 Å². The minimum Gasteiger partial charge on any atom is -0.307 e. The van der Waals surface area contributed by atoms with E-state index in [0.717, 1.165) is 5.56 Å². The second-order valence-corrected chi connectivity index (χ2v) is 4.23. The molecule has 0 aliphatic carbocycles. The Balaban J connectivity index is 2.52. The zero-order valence-corrected chi connectivity index (χ0v) is 10.4. The van der Waals surface area contributed by atoms with Crippen molar-refractivity contribution in [2.24, 2.45) is 0 Å². The number of rotatable bonds is 6. The fourth-order valence-electron chi connectivity index (χ4n) is 1.25. The molecule has 0 saturated carbocycles. The van der Waals surface area contributed by atoms with Crippen molar-refractivity contribution in [3.63, 3.8) is 0 Å². The average molecular weight is 286 g/mol. The quantitative estimate of drug-likeness (QED) is 0.643. The molecule has 0 radical (unpaired) electrons. The van der Waals surface area contributed by atoms with E-state index in [0.29, 0.717) is 24.0 Å². The van der Waals surface area contributed by atoms with E-state index >= 15 is 0 Å². The number of hydrogen-bond donors (Lipinski definition) is 1. The van der Waals surface area contributed by atoms with Crippen LogP contribution in [0.25, 0.3) is 0 Å². The standard InChI is InChI=1S/C12H13BrFNO/c1-2-5-15-8-11(16)6-9-3-4-10(14)7-12(9)13/h2-4,7,15H,1,5-6,8H2. The van der Waals surface area contributed by atoms with Crippen LogP contribution in [0.3, 0.4) is 0 Å². The second-order valence-electron chi connectivity index (χ2n) is 3.37. The molecule has 0 atom stereocenters. The van der Waals surface area contributed by atoms with Gasteiger partial charge in [-0.3, -0.25) is 4.79 Å². The van der Waals surface area contributed by atoms with Crippen molar-refractivity contribution in [2.45, 2.75) is 6.42 Å². The van der Waals surface area contributed by atoms with Crippen LogP contribution in [0.5, 0.6) is 0 Å². The summed E-state index contributed by atoms with van der Waals surface area (Å²) in [6.45, 7) is 4.45. The Hall–Kier alpha value is -1.00. The molecule has 0 bridgehead atoms. The predicted molar refractivity (Wildman–Crippen MR) is 65.9 cm³/mol. The van der Waals surface area contributed by atoms with Gasteiger partial charge in [0, 0.05) is 17.4 Å². The van der Waals surface area contributed by atoms with Crippen LogP contribution < -0.4 is 5.32 Å². The Morgan fingerprint density at radius 1 is 1.56 bits per heavy atom. The molecule has 0 amide bonds. The molecule has 0 spiro atoms. The summed E-state index contributed by atoms with van der Waals surface area (Å²) in [7, 11) is 0. The van der Waals surface area contributed by atoms with Gasteiger partial charge in [-0.1, -0.05) is 28.1 Å². The molecule has 1 aromatic carbocycles. The van der Waals surface area contributed by atoms with Gasteiger partial charge in [0.15, 0.2) is 5.78 Å². The maximum Gasteiger partial charge on any atom is 0.151 e. The fraction of sp³-hybridized carbons (Fsp3) is 0.250. The molecule has 4 heteroatoms. The second kappa shape index (κ2) is 6.55. The summed E-state index contributed by atoms with van der Waals surface area (Å²) in [5.74, 6) is -0.248. The van der Waals surface area contributed by atoms with Crippen molar-refractivity contribution in [3.05, 3.63) is 46.7 Å². The third-order valence-electron chi connectivity index (χ3n) is 2.01. The number of halogens is 2. The minimum absolute atomic E-state index is 0.0640. The lowest BCUT2D eigenvalue weighted by Gasteiger charge is -2.04. The Morgan fingerprint density at radius 3 is 2.94 bits per heavy atom. The molecule has 0 saturated heterocycles. The van der Waals surface area contributed by atoms with Crippen LogP contribution in [-0.4, -0.2) is 18.9 Å². The lowest BCUT2D eigenvalue weighted by molar-refractivity contribution is -0.117. The molecule has 0 aliphatic heterocycles. The number of carbonyl (C=O) groups is 1. The van der Waals surface area contributed by atoms with E-state index in [2.05, 4.69) is 27.8 Å². The first-order valence-corrected chi connectivity index (χ1v) is 5.70. The van der Waals surface area contributed by atoms with Gasteiger partial charge in [-0.2, -0.15) is 0 Å². The third kappa shape index (κ3) is 4.24. The molecular formula is C12H13BrFNO. The van der Waals surface area contributed by atoms with Gasteiger partial charge in [-0.05, 0) is 17.7 Å². The number of nitrogens with one attached hydrogen (secondary N) is 1. The van der Waals surface area contributed by atoms with Crippen LogP contribution in [0.2, 0.25) is 0 Å². The van der Waals surface area contributed by atoms with Crippen LogP contribution >= 0.6 is 15.9 Å². The van der Waals surface area contributed by atoms with E-state index in [1.165, 1.54) is 12.1 Å². The monoisotopic (exact) mass is 285 g/mol. The first-order chi connectivity index (χ1) is 7.63. The van der Waals surface area contributed by atoms with Crippen LogP contribution in [0.1, 0.15) is 5.56 Å². The lowest BCUT2D eigenvalue weighted by atomic mass is 10.1. The smallest absolute Gasteiger partial charge is 0.151 e. The van der Waals surface area contributed by atoms with Crippen molar-refractivity contribution in [3.8, 4) is 0 Å². The van der Waals surface area contributed by atoms with E-state index in [1.54, 1.807) is 12.1 Å². The summed E-state index contributed by atoms with van der Waals surface area (Å²) in [5.41, 5.74) is 0.798. The molecular weight excluding hydrogens is 273 g/mol. The number of benzene rings is 1. The molecule has 1 rings (SSSR count). The largest absolute Gasteiger partial charge is 0.307 e. The summed E-state index contributed by atoms with van der Waals surface area (Å²) >= 11 is 3.23. The molecule has 0 fully saturated rings. The van der Waals surface area contributed by atoms with Gasteiger partial charge in [-0.25, -0.2) is 4.39 Å². The molecule has 1 aromatic rings. The van der Waals surface area contributed by atoms with E-state index in [-0.39, 0.29) is 11.6 Å². The van der Waals surface area contributed by atoms with Gasteiger partial charge in [0.25, 0.3) is 0 Å². The Bertz CT molecular complexity index is 393. The lowest BCUT2D eigenvalue weighted by Crippen LogP contribution is -2.24. The molecule has 16 heavy (non-hydrogen) atoms. The van der Waals surface area contributed by atoms with Gasteiger partial charge in [0.1, 0.15) is 5.82 Å². The van der Waals surface area contributed by atoms with Crippen LogP contribution in [0, 0.1) is 5.82 Å². The highest BCUT2D eigenvalue weighted by molar-refractivity contribution is 9.10. The zero-order valence-electron chi connectivity index (χ0n) is 8.80. The minimum atomic E-state index is -0.312. The Kier molecular flexibility index (Phi) is 5.35. The van der Waals surface area contributed by atoms with Crippen LogP contribution in [0.4, 0.5) is 4.39 Å². The zero-order chi connectivity index (χ0) is 12.0. The van der Waals surface area contributed by atoms with Gasteiger partial charge < -0.3 is 5.32 Å². The van der Waals surface area contributed by atoms with E-state index < -0.39 is 0 Å². The molecule has 0 aromatic heterocycles. The predicted octanol–water partition coefficient (Wildman–Crippen LogP) is 2.48. The molecule has 0 heterocycles. The van der Waals surface area contributed by atoms with Crippen LogP contribution in [0.15, 0.2) is 35.3 Å². The number of ketones is 1. The summed E-state index contributed by atoms with van der Waals surface area (Å²) in [6, 6.07) is 4.33. The van der Waals surface area contributed by atoms with Crippen molar-refractivity contribution in [1.82, 2.24) is 5.32 Å². The van der Waals surface area contributed by atoms with Crippen molar-refractivity contribution >= 4 is 21.7 Å². The summed E-state index contributed by atoms with van der Waals surface area (Å²) in [5, 5.41) is 2.93. The van der Waals surface area contributed by atoms with Crippen LogP contribution in [-0.2, 0) is 11.2 Å². The first kappa shape index (κ1) is 13.1. The number of carbonyl (C=O) groups excluding carboxylic acids is 1. The summed E-state index contributed by atoms with van der Waals surface area (Å²) in [4.78, 5) is 11.5.